The third-order valence-corrected chi connectivity index (χ3v) is 8.49. The van der Waals surface area contributed by atoms with Gasteiger partial charge >= 0.3 is 5.97 Å². The highest BCUT2D eigenvalue weighted by Crippen LogP contribution is 2.42. The summed E-state index contributed by atoms with van der Waals surface area (Å²) in [6, 6.07) is 30.8. The lowest BCUT2D eigenvalue weighted by Crippen LogP contribution is -2.42. The number of benzene rings is 3. The number of methoxy groups -OCH3 is 1. The molecule has 0 radical (unpaired) electrons. The van der Waals surface area contributed by atoms with Gasteiger partial charge in [0.25, 0.3) is 0 Å². The highest BCUT2D eigenvalue weighted by molar-refractivity contribution is 5.71. The molecule has 0 aliphatic carbocycles. The van der Waals surface area contributed by atoms with E-state index in [1.165, 1.54) is 52.1 Å². The average molecular weight is 573 g/mol. The van der Waals surface area contributed by atoms with Crippen molar-refractivity contribution >= 4 is 5.97 Å². The second kappa shape index (κ2) is 17.9. The first-order valence-electron chi connectivity index (χ1n) is 16.1. The van der Waals surface area contributed by atoms with Gasteiger partial charge in [0.2, 0.25) is 0 Å². The van der Waals surface area contributed by atoms with Crippen molar-refractivity contribution in [1.29, 1.82) is 0 Å². The fraction of sp³-hybridized carbons (Fsp3) is 0.500. The van der Waals surface area contributed by atoms with Crippen LogP contribution in [0.1, 0.15) is 108 Å². The van der Waals surface area contributed by atoms with Crippen molar-refractivity contribution in [3.63, 3.8) is 0 Å². The predicted molar refractivity (Wildman–Crippen MR) is 172 cm³/mol. The molecule has 0 saturated carbocycles. The summed E-state index contributed by atoms with van der Waals surface area (Å²) < 4.78 is 12.0. The Kier molecular flexibility index (Phi) is 14.3. The van der Waals surface area contributed by atoms with Crippen LogP contribution in [-0.2, 0) is 19.9 Å². The van der Waals surface area contributed by atoms with Crippen molar-refractivity contribution in [2.75, 3.05) is 13.7 Å². The van der Waals surface area contributed by atoms with Crippen molar-refractivity contribution in [2.45, 2.75) is 102 Å². The molecule has 0 spiro atoms. The topological polar surface area (TPSA) is 55.8 Å². The molecule has 2 atom stereocenters. The number of carbonyl (C=O) groups is 1. The Balaban J connectivity index is 1.84. The molecule has 3 aromatic carbocycles. The third kappa shape index (κ3) is 9.81. The summed E-state index contributed by atoms with van der Waals surface area (Å²) in [6.07, 6.45) is 12.6. The first-order chi connectivity index (χ1) is 20.4. The minimum Gasteiger partial charge on any atom is -0.469 e. The van der Waals surface area contributed by atoms with Crippen molar-refractivity contribution < 1.29 is 19.4 Å². The van der Waals surface area contributed by atoms with Gasteiger partial charge in [-0.1, -0.05) is 163 Å². The Morgan fingerprint density at radius 3 is 1.55 bits per heavy atom. The van der Waals surface area contributed by atoms with Gasteiger partial charge in [-0.3, -0.25) is 4.79 Å². The van der Waals surface area contributed by atoms with E-state index in [1.807, 2.05) is 61.5 Å². The molecule has 0 amide bonds. The zero-order valence-corrected chi connectivity index (χ0v) is 26.1. The van der Waals surface area contributed by atoms with E-state index >= 15 is 0 Å². The number of hydrogen-bond acceptors (Lipinski definition) is 4. The maximum atomic E-state index is 12.2. The van der Waals surface area contributed by atoms with Crippen LogP contribution in [0.5, 0.6) is 0 Å². The molecule has 4 heteroatoms. The van der Waals surface area contributed by atoms with Crippen LogP contribution in [0.25, 0.3) is 0 Å². The number of ether oxygens (including phenoxy) is 2. The first kappa shape index (κ1) is 33.6. The zero-order valence-electron chi connectivity index (χ0n) is 26.1. The largest absolute Gasteiger partial charge is 0.469 e. The molecular weight excluding hydrogens is 520 g/mol. The summed E-state index contributed by atoms with van der Waals surface area (Å²) >= 11 is 0. The fourth-order valence-corrected chi connectivity index (χ4v) is 5.85. The van der Waals surface area contributed by atoms with E-state index in [1.54, 1.807) is 0 Å². The summed E-state index contributed by atoms with van der Waals surface area (Å²) in [4.78, 5) is 12.2. The number of aliphatic hydroxyl groups is 1. The molecule has 3 aromatic rings. The van der Waals surface area contributed by atoms with E-state index in [0.717, 1.165) is 29.5 Å². The van der Waals surface area contributed by atoms with E-state index in [9.17, 15) is 9.90 Å². The highest BCUT2D eigenvalue weighted by atomic mass is 16.5. The van der Waals surface area contributed by atoms with Crippen molar-refractivity contribution in [3.05, 3.63) is 108 Å². The van der Waals surface area contributed by atoms with Gasteiger partial charge in [0.05, 0.1) is 25.2 Å². The molecule has 42 heavy (non-hydrogen) atoms. The maximum absolute atomic E-state index is 12.2. The van der Waals surface area contributed by atoms with Gasteiger partial charge < -0.3 is 14.6 Å². The van der Waals surface area contributed by atoms with E-state index in [0.29, 0.717) is 19.3 Å². The van der Waals surface area contributed by atoms with Crippen molar-refractivity contribution in [2.24, 2.45) is 5.92 Å². The molecule has 0 aliphatic heterocycles. The summed E-state index contributed by atoms with van der Waals surface area (Å²) in [6.45, 7) is 4.27. The van der Waals surface area contributed by atoms with E-state index in [2.05, 4.69) is 43.3 Å². The van der Waals surface area contributed by atoms with Crippen molar-refractivity contribution in [1.82, 2.24) is 0 Å². The second-order valence-corrected chi connectivity index (χ2v) is 11.8. The van der Waals surface area contributed by atoms with Crippen LogP contribution in [-0.4, -0.2) is 30.4 Å². The standard InChI is InChI=1S/C38H52O4/c1-4-5-6-7-8-9-10-11-21-29-37(40,30-28-32(2)36(39)41-3)31-42-38(33-22-15-12-16-23-33,34-24-17-13-18-25-34)35-26-19-14-20-27-35/h12-20,22-27,32,40H,4-11,21,28-31H2,1-3H3/t32?,37-/m1/s1. The van der Waals surface area contributed by atoms with Gasteiger partial charge in [-0.25, -0.2) is 0 Å². The maximum Gasteiger partial charge on any atom is 0.308 e. The second-order valence-electron chi connectivity index (χ2n) is 11.8. The fourth-order valence-electron chi connectivity index (χ4n) is 5.85. The zero-order chi connectivity index (χ0) is 30.1. The molecular formula is C38H52O4. The Morgan fingerprint density at radius 2 is 1.12 bits per heavy atom. The Morgan fingerprint density at radius 1 is 0.690 bits per heavy atom. The molecule has 1 unspecified atom stereocenters. The van der Waals surface area contributed by atoms with Crippen LogP contribution >= 0.6 is 0 Å². The van der Waals surface area contributed by atoms with Gasteiger partial charge in [0.1, 0.15) is 5.60 Å². The smallest absolute Gasteiger partial charge is 0.308 e. The quantitative estimate of drug-likeness (QED) is 0.0833. The van der Waals surface area contributed by atoms with E-state index in [-0.39, 0.29) is 18.5 Å². The highest BCUT2D eigenvalue weighted by Gasteiger charge is 2.40. The van der Waals surface area contributed by atoms with Gasteiger partial charge in [0.15, 0.2) is 0 Å². The van der Waals surface area contributed by atoms with Gasteiger partial charge in [-0.15, -0.1) is 0 Å². The molecule has 3 rings (SSSR count). The van der Waals surface area contributed by atoms with Gasteiger partial charge in [0, 0.05) is 0 Å². The molecule has 1 N–H and O–H groups in total. The molecule has 0 heterocycles. The summed E-state index contributed by atoms with van der Waals surface area (Å²) in [7, 11) is 1.42. The SMILES string of the molecule is CCCCCCCCCCC[C@@](O)(CCC(C)C(=O)OC)COC(c1ccccc1)(c1ccccc1)c1ccccc1. The minimum absolute atomic E-state index is 0.149. The monoisotopic (exact) mass is 572 g/mol. The average Bonchev–Trinajstić information content (AvgIpc) is 3.04. The summed E-state index contributed by atoms with van der Waals surface area (Å²) in [5, 5.41) is 12.1. The molecule has 0 aliphatic rings. The van der Waals surface area contributed by atoms with Crippen LogP contribution in [0.3, 0.4) is 0 Å². The Hall–Kier alpha value is -2.95. The van der Waals surface area contributed by atoms with Gasteiger partial charge in [-0.2, -0.15) is 0 Å². The molecule has 0 saturated heterocycles. The van der Waals surface area contributed by atoms with Crippen LogP contribution in [0.15, 0.2) is 91.0 Å². The van der Waals surface area contributed by atoms with Crippen LogP contribution in [0, 0.1) is 5.92 Å². The predicted octanol–water partition coefficient (Wildman–Crippen LogP) is 9.24. The summed E-state index contributed by atoms with van der Waals surface area (Å²) in [5.74, 6) is -0.527. The number of rotatable bonds is 20. The van der Waals surface area contributed by atoms with Crippen LogP contribution in [0.4, 0.5) is 0 Å². The Bertz CT molecular complexity index is 1030. The molecule has 0 bridgehead atoms. The molecule has 0 fully saturated rings. The lowest BCUT2D eigenvalue weighted by molar-refractivity contribution is -0.146. The number of esters is 1. The Labute approximate surface area is 254 Å². The lowest BCUT2D eigenvalue weighted by atomic mass is 9.79. The van der Waals surface area contributed by atoms with Crippen molar-refractivity contribution in [3.8, 4) is 0 Å². The molecule has 0 aromatic heterocycles. The lowest BCUT2D eigenvalue weighted by Gasteiger charge is -2.39. The number of unbranched alkanes of at least 4 members (excludes halogenated alkanes) is 8. The van der Waals surface area contributed by atoms with E-state index < -0.39 is 11.2 Å². The van der Waals surface area contributed by atoms with Gasteiger partial charge in [-0.05, 0) is 36.0 Å². The van der Waals surface area contributed by atoms with Crippen LogP contribution in [0.2, 0.25) is 0 Å². The molecule has 228 valence electrons. The number of hydrogen-bond donors (Lipinski definition) is 1. The number of carbonyl (C=O) groups excluding carboxylic acids is 1. The third-order valence-electron chi connectivity index (χ3n) is 8.49. The first-order valence-corrected chi connectivity index (χ1v) is 16.1. The normalized spacial score (nSPS) is 13.8. The minimum atomic E-state index is -1.08. The van der Waals surface area contributed by atoms with Crippen LogP contribution < -0.4 is 0 Å². The van der Waals surface area contributed by atoms with E-state index in [4.69, 9.17) is 9.47 Å². The summed E-state index contributed by atoms with van der Waals surface area (Å²) in [5.41, 5.74) is 1.05. The molecule has 4 nitrogen and oxygen atoms in total.